The average Bonchev–Trinajstić information content (AvgIpc) is 3.18. The van der Waals surface area contributed by atoms with Gasteiger partial charge < -0.3 is 14.5 Å². The largest absolute Gasteiger partial charge is 0.454 e. The maximum Gasteiger partial charge on any atom is 0.329 e. The molecule has 23 heavy (non-hydrogen) atoms. The standard InChI is InChI=1S/C16H23N3O3S/c20-14(18-8-3-1-2-4-9-18)12-22-15(21)13-6-5-10-19(13)16-17-7-11-23-16/h7,11,13H,1-6,8-10,12H2/t13-/m0/s1. The average molecular weight is 337 g/mol. The summed E-state index contributed by atoms with van der Waals surface area (Å²) >= 11 is 1.52. The van der Waals surface area contributed by atoms with Crippen LogP contribution in [0.1, 0.15) is 38.5 Å². The van der Waals surface area contributed by atoms with Crippen LogP contribution in [-0.4, -0.2) is 54.0 Å². The third-order valence-corrected chi connectivity index (χ3v) is 5.30. The third kappa shape index (κ3) is 4.02. The lowest BCUT2D eigenvalue weighted by Gasteiger charge is -2.23. The monoisotopic (exact) mass is 337 g/mol. The van der Waals surface area contributed by atoms with Crippen LogP contribution in [-0.2, 0) is 14.3 Å². The zero-order valence-corrected chi connectivity index (χ0v) is 14.1. The summed E-state index contributed by atoms with van der Waals surface area (Å²) in [4.78, 5) is 32.6. The van der Waals surface area contributed by atoms with E-state index >= 15 is 0 Å². The Bertz CT molecular complexity index is 527. The summed E-state index contributed by atoms with van der Waals surface area (Å²) in [7, 11) is 0. The van der Waals surface area contributed by atoms with Gasteiger partial charge in [0.1, 0.15) is 6.04 Å². The smallest absolute Gasteiger partial charge is 0.329 e. The molecule has 2 saturated heterocycles. The van der Waals surface area contributed by atoms with Crippen LogP contribution in [0.15, 0.2) is 11.6 Å². The van der Waals surface area contributed by atoms with Crippen LogP contribution in [0, 0.1) is 0 Å². The molecule has 2 aliphatic heterocycles. The van der Waals surface area contributed by atoms with E-state index in [1.54, 1.807) is 6.20 Å². The fraction of sp³-hybridized carbons (Fsp3) is 0.688. The summed E-state index contributed by atoms with van der Waals surface area (Å²) in [6.45, 7) is 2.24. The maximum absolute atomic E-state index is 12.3. The van der Waals surface area contributed by atoms with E-state index in [1.165, 1.54) is 24.2 Å². The van der Waals surface area contributed by atoms with Crippen molar-refractivity contribution >= 4 is 28.3 Å². The van der Waals surface area contributed by atoms with Crippen LogP contribution in [0.2, 0.25) is 0 Å². The molecule has 2 aliphatic rings. The number of hydrogen-bond donors (Lipinski definition) is 0. The number of aromatic nitrogens is 1. The molecule has 3 heterocycles. The molecule has 0 spiro atoms. The Balaban J connectivity index is 1.51. The minimum Gasteiger partial charge on any atom is -0.454 e. The Morgan fingerprint density at radius 1 is 1.17 bits per heavy atom. The normalized spacial score (nSPS) is 22.0. The quantitative estimate of drug-likeness (QED) is 0.787. The fourth-order valence-electron chi connectivity index (χ4n) is 3.24. The Morgan fingerprint density at radius 2 is 1.96 bits per heavy atom. The molecule has 0 aliphatic carbocycles. The Hall–Kier alpha value is -1.63. The number of thiazole rings is 1. The second-order valence-electron chi connectivity index (χ2n) is 6.07. The van der Waals surface area contributed by atoms with Gasteiger partial charge in [-0.1, -0.05) is 12.8 Å². The highest BCUT2D eigenvalue weighted by molar-refractivity contribution is 7.13. The highest BCUT2D eigenvalue weighted by Crippen LogP contribution is 2.27. The number of ether oxygens (including phenoxy) is 1. The van der Waals surface area contributed by atoms with E-state index in [1.807, 2.05) is 15.2 Å². The molecule has 0 aromatic carbocycles. The summed E-state index contributed by atoms with van der Waals surface area (Å²) in [6, 6.07) is -0.307. The maximum atomic E-state index is 12.3. The number of amides is 1. The molecule has 126 valence electrons. The molecule has 7 heteroatoms. The summed E-state index contributed by atoms with van der Waals surface area (Å²) < 4.78 is 5.32. The van der Waals surface area contributed by atoms with Crippen molar-refractivity contribution in [3.63, 3.8) is 0 Å². The van der Waals surface area contributed by atoms with Crippen LogP contribution >= 0.6 is 11.3 Å². The zero-order chi connectivity index (χ0) is 16.1. The Kier molecular flexibility index (Phi) is 5.48. The van der Waals surface area contributed by atoms with Crippen molar-refractivity contribution in [2.75, 3.05) is 31.1 Å². The topological polar surface area (TPSA) is 62.7 Å². The number of nitrogens with zero attached hydrogens (tertiary/aromatic N) is 3. The molecule has 0 unspecified atom stereocenters. The minimum absolute atomic E-state index is 0.0703. The molecule has 0 bridgehead atoms. The zero-order valence-electron chi connectivity index (χ0n) is 13.3. The molecule has 0 radical (unpaired) electrons. The third-order valence-electron chi connectivity index (χ3n) is 4.49. The molecule has 1 aromatic heterocycles. The van der Waals surface area contributed by atoms with Crippen LogP contribution in [0.3, 0.4) is 0 Å². The van der Waals surface area contributed by atoms with Gasteiger partial charge in [-0.3, -0.25) is 4.79 Å². The first-order chi connectivity index (χ1) is 11.3. The van der Waals surface area contributed by atoms with Gasteiger partial charge in [-0.05, 0) is 25.7 Å². The Labute approximate surface area is 140 Å². The second-order valence-corrected chi connectivity index (χ2v) is 6.94. The van der Waals surface area contributed by atoms with Crippen molar-refractivity contribution in [1.82, 2.24) is 9.88 Å². The summed E-state index contributed by atoms with van der Waals surface area (Å²) in [6.07, 6.45) is 7.88. The van der Waals surface area contributed by atoms with Crippen molar-refractivity contribution in [2.45, 2.75) is 44.6 Å². The van der Waals surface area contributed by atoms with E-state index in [9.17, 15) is 9.59 Å². The molecule has 2 fully saturated rings. The predicted octanol–water partition coefficient (Wildman–Crippen LogP) is 2.06. The van der Waals surface area contributed by atoms with E-state index in [0.29, 0.717) is 0 Å². The first kappa shape index (κ1) is 16.2. The lowest BCUT2D eigenvalue weighted by molar-refractivity contribution is -0.153. The minimum atomic E-state index is -0.307. The molecule has 1 aromatic rings. The van der Waals surface area contributed by atoms with Gasteiger partial charge in [0.05, 0.1) is 0 Å². The van der Waals surface area contributed by atoms with E-state index in [-0.39, 0.29) is 24.5 Å². The van der Waals surface area contributed by atoms with E-state index < -0.39 is 0 Å². The van der Waals surface area contributed by atoms with Crippen LogP contribution in [0.25, 0.3) is 0 Å². The predicted molar refractivity (Wildman–Crippen MR) is 88.5 cm³/mol. The summed E-state index contributed by atoms with van der Waals surface area (Å²) in [5.74, 6) is -0.375. The molecule has 1 atom stereocenters. The van der Waals surface area contributed by atoms with Gasteiger partial charge in [0, 0.05) is 31.2 Å². The van der Waals surface area contributed by atoms with Crippen molar-refractivity contribution in [2.24, 2.45) is 0 Å². The number of rotatable bonds is 4. The van der Waals surface area contributed by atoms with Gasteiger partial charge in [0.25, 0.3) is 5.91 Å². The van der Waals surface area contributed by atoms with Crippen molar-refractivity contribution < 1.29 is 14.3 Å². The number of esters is 1. The van der Waals surface area contributed by atoms with Crippen molar-refractivity contribution in [1.29, 1.82) is 0 Å². The number of anilines is 1. The van der Waals surface area contributed by atoms with Crippen molar-refractivity contribution in [3.05, 3.63) is 11.6 Å². The molecule has 1 amide bonds. The first-order valence-corrected chi connectivity index (χ1v) is 9.24. The molecule has 0 saturated carbocycles. The molecule has 6 nitrogen and oxygen atoms in total. The SMILES string of the molecule is O=C(OCC(=O)N1CCCCCC1)[C@@H]1CCCN1c1nccs1. The lowest BCUT2D eigenvalue weighted by atomic mass is 10.2. The number of likely N-dealkylation sites (tertiary alicyclic amines) is 1. The molecular formula is C16H23N3O3S. The van der Waals surface area contributed by atoms with Crippen LogP contribution in [0.5, 0.6) is 0 Å². The Morgan fingerprint density at radius 3 is 2.65 bits per heavy atom. The highest BCUT2D eigenvalue weighted by atomic mass is 32.1. The highest BCUT2D eigenvalue weighted by Gasteiger charge is 2.34. The van der Waals surface area contributed by atoms with E-state index in [0.717, 1.165) is 50.4 Å². The van der Waals surface area contributed by atoms with Crippen LogP contribution in [0.4, 0.5) is 5.13 Å². The molecule has 3 rings (SSSR count). The summed E-state index contributed by atoms with van der Waals surface area (Å²) in [5, 5.41) is 2.75. The first-order valence-electron chi connectivity index (χ1n) is 8.36. The number of hydrogen-bond acceptors (Lipinski definition) is 6. The molecular weight excluding hydrogens is 314 g/mol. The van der Waals surface area contributed by atoms with Gasteiger partial charge in [-0.15, -0.1) is 11.3 Å². The number of carbonyl (C=O) groups excluding carboxylic acids is 2. The van der Waals surface area contributed by atoms with Gasteiger partial charge in [-0.2, -0.15) is 0 Å². The number of carbonyl (C=O) groups is 2. The van der Waals surface area contributed by atoms with Gasteiger partial charge in [0.15, 0.2) is 11.7 Å². The van der Waals surface area contributed by atoms with E-state index in [2.05, 4.69) is 4.98 Å². The van der Waals surface area contributed by atoms with Gasteiger partial charge in [-0.25, -0.2) is 9.78 Å². The van der Waals surface area contributed by atoms with Gasteiger partial charge >= 0.3 is 5.97 Å². The van der Waals surface area contributed by atoms with Gasteiger partial charge in [0.2, 0.25) is 0 Å². The molecule has 0 N–H and O–H groups in total. The fourth-order valence-corrected chi connectivity index (χ4v) is 3.96. The second kappa shape index (κ2) is 7.77. The van der Waals surface area contributed by atoms with E-state index in [4.69, 9.17) is 4.74 Å². The summed E-state index contributed by atoms with van der Waals surface area (Å²) in [5.41, 5.74) is 0. The van der Waals surface area contributed by atoms with Crippen molar-refractivity contribution in [3.8, 4) is 0 Å². The lowest BCUT2D eigenvalue weighted by Crippen LogP contribution is -2.40. The van der Waals surface area contributed by atoms with Crippen LogP contribution < -0.4 is 4.90 Å².